The molecule has 1 aromatic carbocycles. The highest BCUT2D eigenvalue weighted by Crippen LogP contribution is 2.63. The van der Waals surface area contributed by atoms with Crippen LogP contribution in [0.2, 0.25) is 0 Å². The van der Waals surface area contributed by atoms with E-state index < -0.39 is 43.4 Å². The lowest BCUT2D eigenvalue weighted by molar-refractivity contribution is -0.127. The number of ether oxygens (including phenoxy) is 4. The number of hydrogen-bond donors (Lipinski definition) is 4. The van der Waals surface area contributed by atoms with Crippen LogP contribution in [0.3, 0.4) is 0 Å². The molecule has 2 fully saturated rings. The second-order valence-corrected chi connectivity index (χ2v) is 17.0. The van der Waals surface area contributed by atoms with Crippen LogP contribution in [-0.2, 0) is 40.0 Å². The molecule has 314 valence electrons. The molecule has 0 spiro atoms. The van der Waals surface area contributed by atoms with Crippen LogP contribution in [0.1, 0.15) is 128 Å². The maximum atomic E-state index is 13.2. The fourth-order valence-electron chi connectivity index (χ4n) is 7.64. The van der Waals surface area contributed by atoms with E-state index in [9.17, 15) is 19.7 Å². The van der Waals surface area contributed by atoms with Crippen molar-refractivity contribution in [1.29, 1.82) is 0 Å². The molecule has 1 aliphatic heterocycles. The molecule has 56 heavy (non-hydrogen) atoms. The summed E-state index contributed by atoms with van der Waals surface area (Å²) in [5.74, 6) is 0.957. The van der Waals surface area contributed by atoms with Crippen LogP contribution < -0.4 is 10.5 Å². The highest BCUT2D eigenvalue weighted by Gasteiger charge is 2.82. The minimum atomic E-state index is -4.74. The van der Waals surface area contributed by atoms with Gasteiger partial charge in [0.1, 0.15) is 47.6 Å². The number of aliphatic hydroxyl groups is 2. The fourth-order valence-corrected chi connectivity index (χ4v) is 8.62. The van der Waals surface area contributed by atoms with Gasteiger partial charge in [-0.15, -0.1) is 0 Å². The number of benzene rings is 1. The summed E-state index contributed by atoms with van der Waals surface area (Å²) in [4.78, 5) is 14.7. The molecule has 15 heteroatoms. The quantitative estimate of drug-likeness (QED) is 0.0402. The van der Waals surface area contributed by atoms with Gasteiger partial charge < -0.3 is 39.8 Å². The van der Waals surface area contributed by atoms with Gasteiger partial charge in [-0.05, 0) is 43.2 Å². The molecule has 2 aromatic heterocycles. The van der Waals surface area contributed by atoms with Crippen molar-refractivity contribution < 1.29 is 47.7 Å². The summed E-state index contributed by atoms with van der Waals surface area (Å²) in [7, 11) is -3.14. The molecule has 3 heterocycles. The second-order valence-electron chi connectivity index (χ2n) is 15.5. The number of unbranched alkanes of at least 4 members (excludes halogenated alkanes) is 15. The highest BCUT2D eigenvalue weighted by molar-refractivity contribution is 7.47. The molecule has 5 rings (SSSR count). The summed E-state index contributed by atoms with van der Waals surface area (Å²) in [6, 6.07) is 10.8. The third kappa shape index (κ3) is 11.7. The Morgan fingerprint density at radius 1 is 0.911 bits per heavy atom. The summed E-state index contributed by atoms with van der Waals surface area (Å²) in [5, 5.41) is 26.9. The van der Waals surface area contributed by atoms with Gasteiger partial charge in [0, 0.05) is 6.61 Å². The number of nitrogen functional groups attached to an aromatic ring is 1. The molecule has 3 aromatic rings. The number of methoxy groups -OCH3 is 1. The van der Waals surface area contributed by atoms with E-state index in [0.29, 0.717) is 17.8 Å². The third-order valence-corrected chi connectivity index (χ3v) is 12.1. The molecule has 2 unspecified atom stereocenters. The summed E-state index contributed by atoms with van der Waals surface area (Å²) < 4.78 is 48.7. The summed E-state index contributed by atoms with van der Waals surface area (Å²) >= 11 is 0. The Balaban J connectivity index is 1.01. The number of fused-ring (bicyclic) bond motifs is 2. The minimum Gasteiger partial charge on any atom is -0.497 e. The number of nitrogens with zero attached hydrogens (tertiary/aromatic N) is 3. The monoisotopic (exact) mass is 804 g/mol. The van der Waals surface area contributed by atoms with Crippen molar-refractivity contribution in [2.24, 2.45) is 0 Å². The van der Waals surface area contributed by atoms with Gasteiger partial charge in [-0.3, -0.25) is 9.05 Å². The Kier molecular flexibility index (Phi) is 17.0. The molecule has 1 aliphatic carbocycles. The molecule has 0 bridgehead atoms. The molecule has 14 nitrogen and oxygen atoms in total. The van der Waals surface area contributed by atoms with Crippen LogP contribution >= 0.6 is 7.82 Å². The van der Waals surface area contributed by atoms with Gasteiger partial charge in [0.05, 0.1) is 32.6 Å². The standard InChI is InChI=1S/C41H65N4O10P/c1-4-5-6-7-8-9-10-11-12-13-14-15-16-17-18-19-26-51-28-33(52-27-31-20-22-32(50-3)23-21-31)29-53-56(48,49)55-37-36-41(37,47)39(46)40(2,54-36)35-25-24-34-38(42)43-30-44-45(34)35/h20-25,30,33,36-37,39,46-47H,4-19,26-29H2,1-3H3,(H,48,49)(H2,42,43,44)/t33-,36-,37?,39+,40+,41+/m1/s1. The van der Waals surface area contributed by atoms with Gasteiger partial charge in [0.2, 0.25) is 0 Å². The van der Waals surface area contributed by atoms with Crippen molar-refractivity contribution in [2.45, 2.75) is 159 Å². The topological polar surface area (TPSA) is 189 Å². The van der Waals surface area contributed by atoms with Gasteiger partial charge in [0.15, 0.2) is 11.4 Å². The molecule has 1 saturated heterocycles. The number of aromatic nitrogens is 3. The van der Waals surface area contributed by atoms with Crippen LogP contribution in [0.25, 0.3) is 5.52 Å². The second kappa shape index (κ2) is 21.4. The van der Waals surface area contributed by atoms with Crippen LogP contribution in [-0.4, -0.2) is 86.7 Å². The molecular weight excluding hydrogens is 739 g/mol. The zero-order valence-corrected chi connectivity index (χ0v) is 34.5. The van der Waals surface area contributed by atoms with E-state index in [-0.39, 0.29) is 25.6 Å². The fraction of sp³-hybridized carbons (Fsp3) is 0.707. The Morgan fingerprint density at radius 2 is 1.52 bits per heavy atom. The SMILES string of the molecule is CCCCCCCCCCCCCCCCCCOC[C@H](COP(=O)(O)OC1[C@H]2O[C@@](C)(c3ccc4c(N)ncnn34)[C@H](O)[C@@]12O)OCc1ccc(OC)cc1. The summed E-state index contributed by atoms with van der Waals surface area (Å²) in [6.07, 6.45) is 17.3. The van der Waals surface area contributed by atoms with E-state index in [1.807, 2.05) is 24.3 Å². The van der Waals surface area contributed by atoms with Crippen molar-refractivity contribution in [2.75, 3.05) is 32.7 Å². The first kappa shape index (κ1) is 44.5. The van der Waals surface area contributed by atoms with Crippen molar-refractivity contribution in [3.05, 3.63) is 54.0 Å². The van der Waals surface area contributed by atoms with Crippen molar-refractivity contribution in [1.82, 2.24) is 14.6 Å². The zero-order chi connectivity index (χ0) is 40.0. The number of phosphoric acid groups is 1. The van der Waals surface area contributed by atoms with Crippen molar-refractivity contribution >= 4 is 19.2 Å². The van der Waals surface area contributed by atoms with E-state index in [2.05, 4.69) is 17.0 Å². The van der Waals surface area contributed by atoms with E-state index in [4.69, 9.17) is 33.7 Å². The Morgan fingerprint density at radius 3 is 2.09 bits per heavy atom. The maximum Gasteiger partial charge on any atom is 0.472 e. The molecule has 2 aliphatic rings. The number of phosphoric ester groups is 1. The molecule has 1 saturated carbocycles. The van der Waals surface area contributed by atoms with Crippen molar-refractivity contribution in [3.8, 4) is 5.75 Å². The number of aliphatic hydroxyl groups excluding tert-OH is 1. The van der Waals surface area contributed by atoms with Crippen LogP contribution in [0, 0.1) is 0 Å². The normalized spacial score (nSPS) is 24.6. The molecule has 0 amide bonds. The lowest BCUT2D eigenvalue weighted by Gasteiger charge is -2.32. The lowest BCUT2D eigenvalue weighted by Crippen LogP contribution is -2.46. The number of hydrogen-bond acceptors (Lipinski definition) is 12. The first-order valence-corrected chi connectivity index (χ1v) is 22.2. The van der Waals surface area contributed by atoms with Gasteiger partial charge in [-0.25, -0.2) is 14.1 Å². The first-order chi connectivity index (χ1) is 27.0. The number of nitrogens with two attached hydrogens (primary N) is 1. The van der Waals surface area contributed by atoms with Gasteiger partial charge in [-0.1, -0.05) is 115 Å². The Hall–Kier alpha value is -2.65. The van der Waals surface area contributed by atoms with Gasteiger partial charge in [-0.2, -0.15) is 5.10 Å². The third-order valence-electron chi connectivity index (χ3n) is 11.2. The number of anilines is 1. The average molecular weight is 805 g/mol. The van der Waals surface area contributed by atoms with Crippen molar-refractivity contribution in [3.63, 3.8) is 0 Å². The Bertz CT molecular complexity index is 1660. The predicted molar refractivity (Wildman–Crippen MR) is 213 cm³/mol. The minimum absolute atomic E-state index is 0.143. The molecule has 7 atom stereocenters. The van der Waals surface area contributed by atoms with Gasteiger partial charge >= 0.3 is 7.82 Å². The molecule has 5 N–H and O–H groups in total. The largest absolute Gasteiger partial charge is 0.497 e. The summed E-state index contributed by atoms with van der Waals surface area (Å²) in [5.41, 5.74) is 4.39. The van der Waals surface area contributed by atoms with E-state index in [1.165, 1.54) is 101 Å². The van der Waals surface area contributed by atoms with Crippen LogP contribution in [0.15, 0.2) is 42.7 Å². The van der Waals surface area contributed by atoms with E-state index >= 15 is 0 Å². The van der Waals surface area contributed by atoms with Gasteiger partial charge in [0.25, 0.3) is 0 Å². The highest BCUT2D eigenvalue weighted by atomic mass is 31.2. The van der Waals surface area contributed by atoms with E-state index in [0.717, 1.165) is 24.2 Å². The summed E-state index contributed by atoms with van der Waals surface area (Å²) in [6.45, 7) is 4.45. The predicted octanol–water partition coefficient (Wildman–Crippen LogP) is 7.41. The van der Waals surface area contributed by atoms with E-state index in [1.54, 1.807) is 26.2 Å². The first-order valence-electron chi connectivity index (χ1n) is 20.7. The zero-order valence-electron chi connectivity index (χ0n) is 33.6. The average Bonchev–Trinajstić information content (AvgIpc) is 3.43. The maximum absolute atomic E-state index is 13.2. The Labute approximate surface area is 332 Å². The molecule has 0 radical (unpaired) electrons. The molecular formula is C41H65N4O10P. The number of rotatable bonds is 29. The van der Waals surface area contributed by atoms with Crippen LogP contribution in [0.4, 0.5) is 5.82 Å². The van der Waals surface area contributed by atoms with Crippen LogP contribution in [0.5, 0.6) is 5.75 Å². The smallest absolute Gasteiger partial charge is 0.472 e. The lowest BCUT2D eigenvalue weighted by atomic mass is 9.91.